The molecule has 2 amide bonds. The van der Waals surface area contributed by atoms with Crippen LogP contribution >= 0.6 is 0 Å². The van der Waals surface area contributed by atoms with E-state index in [1.165, 1.54) is 5.56 Å². The summed E-state index contributed by atoms with van der Waals surface area (Å²) in [7, 11) is 0. The molecule has 0 spiro atoms. The maximum atomic E-state index is 12.9. The average molecular weight is 495 g/mol. The topological polar surface area (TPSA) is 83.6 Å². The Hall–Kier alpha value is -3.46. The molecule has 9 nitrogen and oxygen atoms in total. The van der Waals surface area contributed by atoms with E-state index in [4.69, 9.17) is 14.2 Å². The van der Waals surface area contributed by atoms with Crippen molar-refractivity contribution in [2.45, 2.75) is 32.4 Å². The lowest BCUT2D eigenvalue weighted by Crippen LogP contribution is -2.50. The lowest BCUT2D eigenvalue weighted by Gasteiger charge is -2.35. The Labute approximate surface area is 211 Å². The molecule has 0 radical (unpaired) electrons. The molecule has 192 valence electrons. The summed E-state index contributed by atoms with van der Waals surface area (Å²) < 4.78 is 15.9. The van der Waals surface area contributed by atoms with Gasteiger partial charge >= 0.3 is 6.09 Å². The van der Waals surface area contributed by atoms with E-state index in [9.17, 15) is 9.59 Å². The number of piperazine rings is 1. The highest BCUT2D eigenvalue weighted by Gasteiger charge is 2.26. The number of nitrogens with one attached hydrogen (secondary N) is 1. The van der Waals surface area contributed by atoms with Crippen molar-refractivity contribution < 1.29 is 23.8 Å². The van der Waals surface area contributed by atoms with Crippen LogP contribution in [-0.2, 0) is 11.3 Å². The highest BCUT2D eigenvalue weighted by atomic mass is 16.7. The SMILES string of the molecule is CCOC(=O)N1CCN(C(=O)c2ccc(N3CCC(NCc4ccc5c(c4)OCO5)CC3)cc2)CC1. The van der Waals surface area contributed by atoms with E-state index in [1.54, 1.807) is 11.8 Å². The largest absolute Gasteiger partial charge is 0.454 e. The van der Waals surface area contributed by atoms with Gasteiger partial charge in [0, 0.05) is 63.1 Å². The van der Waals surface area contributed by atoms with Crippen LogP contribution in [0.5, 0.6) is 11.5 Å². The first kappa shape index (κ1) is 24.2. The third-order valence-electron chi connectivity index (χ3n) is 7.10. The number of piperidine rings is 1. The van der Waals surface area contributed by atoms with Crippen LogP contribution in [0, 0.1) is 0 Å². The molecule has 0 atom stereocenters. The normalized spacial score (nSPS) is 17.9. The molecular weight excluding hydrogens is 460 g/mol. The minimum absolute atomic E-state index is 0.0106. The van der Waals surface area contributed by atoms with E-state index in [0.29, 0.717) is 51.2 Å². The van der Waals surface area contributed by atoms with Gasteiger partial charge in [-0.1, -0.05) is 6.07 Å². The number of fused-ring (bicyclic) bond motifs is 1. The Morgan fingerprint density at radius 1 is 0.917 bits per heavy atom. The van der Waals surface area contributed by atoms with Crippen molar-refractivity contribution in [3.8, 4) is 11.5 Å². The van der Waals surface area contributed by atoms with Crippen molar-refractivity contribution in [2.75, 3.05) is 57.6 Å². The van der Waals surface area contributed by atoms with Gasteiger partial charge in [0.2, 0.25) is 6.79 Å². The summed E-state index contributed by atoms with van der Waals surface area (Å²) in [6.45, 7) is 7.26. The fourth-order valence-corrected chi connectivity index (χ4v) is 4.96. The minimum atomic E-state index is -0.305. The van der Waals surface area contributed by atoms with E-state index >= 15 is 0 Å². The molecule has 2 fully saturated rings. The van der Waals surface area contributed by atoms with Crippen molar-refractivity contribution in [1.29, 1.82) is 0 Å². The summed E-state index contributed by atoms with van der Waals surface area (Å²) in [5.74, 6) is 1.65. The Balaban J connectivity index is 1.07. The van der Waals surface area contributed by atoms with Gasteiger partial charge in [-0.2, -0.15) is 0 Å². The number of hydrogen-bond donors (Lipinski definition) is 1. The first-order valence-electron chi connectivity index (χ1n) is 12.8. The molecule has 36 heavy (non-hydrogen) atoms. The maximum absolute atomic E-state index is 12.9. The number of nitrogens with zero attached hydrogens (tertiary/aromatic N) is 3. The second-order valence-electron chi connectivity index (χ2n) is 9.35. The molecule has 3 aliphatic heterocycles. The second-order valence-corrected chi connectivity index (χ2v) is 9.35. The van der Waals surface area contributed by atoms with Gasteiger partial charge in [0.05, 0.1) is 6.61 Å². The molecule has 0 aliphatic carbocycles. The van der Waals surface area contributed by atoms with Crippen molar-refractivity contribution in [3.05, 3.63) is 53.6 Å². The van der Waals surface area contributed by atoms with E-state index < -0.39 is 0 Å². The third-order valence-corrected chi connectivity index (χ3v) is 7.10. The van der Waals surface area contributed by atoms with Crippen LogP contribution in [0.3, 0.4) is 0 Å². The number of ether oxygens (including phenoxy) is 3. The van der Waals surface area contributed by atoms with Gasteiger partial charge in [0.1, 0.15) is 0 Å². The fourth-order valence-electron chi connectivity index (χ4n) is 4.96. The highest BCUT2D eigenvalue weighted by Crippen LogP contribution is 2.32. The van der Waals surface area contributed by atoms with Crippen LogP contribution in [0.1, 0.15) is 35.7 Å². The van der Waals surface area contributed by atoms with Crippen LogP contribution in [0.15, 0.2) is 42.5 Å². The average Bonchev–Trinajstić information content (AvgIpc) is 3.40. The standard InChI is InChI=1S/C27H34N4O5/c1-2-34-27(33)31-15-13-30(14-16-31)26(32)21-4-6-23(7-5-21)29-11-9-22(10-12-29)28-18-20-3-8-24-25(17-20)36-19-35-24/h3-8,17,22,28H,2,9-16,18-19H2,1H3. The van der Waals surface area contributed by atoms with Gasteiger partial charge in [-0.15, -0.1) is 0 Å². The van der Waals surface area contributed by atoms with Crippen LogP contribution < -0.4 is 19.7 Å². The molecule has 0 bridgehead atoms. The minimum Gasteiger partial charge on any atom is -0.454 e. The predicted octanol–water partition coefficient (Wildman–Crippen LogP) is 3.09. The molecule has 1 N–H and O–H groups in total. The smallest absolute Gasteiger partial charge is 0.409 e. The van der Waals surface area contributed by atoms with E-state index in [1.807, 2.05) is 41.3 Å². The van der Waals surface area contributed by atoms with Crippen LogP contribution in [0.2, 0.25) is 0 Å². The quantitative estimate of drug-likeness (QED) is 0.661. The molecule has 0 unspecified atom stereocenters. The molecule has 3 heterocycles. The van der Waals surface area contributed by atoms with Crippen molar-refractivity contribution >= 4 is 17.7 Å². The van der Waals surface area contributed by atoms with Crippen molar-refractivity contribution in [1.82, 2.24) is 15.1 Å². The lowest BCUT2D eigenvalue weighted by molar-refractivity contribution is 0.0570. The van der Waals surface area contributed by atoms with E-state index in [2.05, 4.69) is 16.3 Å². The molecular formula is C27H34N4O5. The molecule has 0 aromatic heterocycles. The number of amides is 2. The van der Waals surface area contributed by atoms with Crippen LogP contribution in [0.4, 0.5) is 10.5 Å². The van der Waals surface area contributed by atoms with Gasteiger partial charge in [0.15, 0.2) is 11.5 Å². The van der Waals surface area contributed by atoms with Gasteiger partial charge in [-0.05, 0) is 61.7 Å². The Bertz CT molecular complexity index is 1060. The van der Waals surface area contributed by atoms with Gasteiger partial charge in [-0.25, -0.2) is 4.79 Å². The number of anilines is 1. The molecule has 9 heteroatoms. The molecule has 3 aliphatic rings. The number of benzene rings is 2. The van der Waals surface area contributed by atoms with Gasteiger partial charge in [-0.3, -0.25) is 4.79 Å². The third kappa shape index (κ3) is 5.51. The maximum Gasteiger partial charge on any atom is 0.409 e. The number of carbonyl (C=O) groups excluding carboxylic acids is 2. The Morgan fingerprint density at radius 2 is 1.61 bits per heavy atom. The highest BCUT2D eigenvalue weighted by molar-refractivity contribution is 5.94. The van der Waals surface area contributed by atoms with Crippen LogP contribution in [-0.4, -0.2) is 80.5 Å². The zero-order valence-electron chi connectivity index (χ0n) is 20.8. The van der Waals surface area contributed by atoms with E-state index in [-0.39, 0.29) is 12.0 Å². The predicted molar refractivity (Wildman–Crippen MR) is 136 cm³/mol. The summed E-state index contributed by atoms with van der Waals surface area (Å²) in [5, 5.41) is 3.67. The molecule has 2 aromatic rings. The zero-order valence-corrected chi connectivity index (χ0v) is 20.8. The lowest BCUT2D eigenvalue weighted by atomic mass is 10.0. The van der Waals surface area contributed by atoms with E-state index in [0.717, 1.165) is 49.7 Å². The first-order valence-corrected chi connectivity index (χ1v) is 12.8. The van der Waals surface area contributed by atoms with Crippen molar-refractivity contribution in [2.24, 2.45) is 0 Å². The second kappa shape index (κ2) is 11.1. The molecule has 2 aromatic carbocycles. The molecule has 2 saturated heterocycles. The monoisotopic (exact) mass is 494 g/mol. The Morgan fingerprint density at radius 3 is 2.33 bits per heavy atom. The van der Waals surface area contributed by atoms with Gasteiger partial charge in [0.25, 0.3) is 5.91 Å². The summed E-state index contributed by atoms with van der Waals surface area (Å²) in [6.07, 6.45) is 1.83. The number of rotatable bonds is 6. The zero-order chi connectivity index (χ0) is 24.9. The summed E-state index contributed by atoms with van der Waals surface area (Å²) in [6, 6.07) is 14.5. The summed E-state index contributed by atoms with van der Waals surface area (Å²) >= 11 is 0. The first-order chi connectivity index (χ1) is 17.6. The fraction of sp³-hybridized carbons (Fsp3) is 0.481. The van der Waals surface area contributed by atoms with Crippen molar-refractivity contribution in [3.63, 3.8) is 0 Å². The summed E-state index contributed by atoms with van der Waals surface area (Å²) in [5.41, 5.74) is 3.03. The number of hydrogen-bond acceptors (Lipinski definition) is 7. The van der Waals surface area contributed by atoms with Crippen LogP contribution in [0.25, 0.3) is 0 Å². The number of carbonyl (C=O) groups is 2. The Kier molecular flexibility index (Phi) is 7.46. The van der Waals surface area contributed by atoms with Gasteiger partial charge < -0.3 is 34.2 Å². The molecule has 5 rings (SSSR count). The molecule has 0 saturated carbocycles. The summed E-state index contributed by atoms with van der Waals surface area (Å²) in [4.78, 5) is 30.7.